The second-order valence-corrected chi connectivity index (χ2v) is 6.81. The van der Waals surface area contributed by atoms with Crippen LogP contribution in [-0.4, -0.2) is 59.3 Å². The number of nitrogen functional groups attached to an aromatic ring is 1. The molecule has 0 spiro atoms. The average Bonchev–Trinajstić information content (AvgIpc) is 2.65. The summed E-state index contributed by atoms with van der Waals surface area (Å²) in [5.41, 5.74) is 12.9. The second-order valence-electron chi connectivity index (χ2n) is 6.81. The predicted octanol–water partition coefficient (Wildman–Crippen LogP) is 0.389. The van der Waals surface area contributed by atoms with Gasteiger partial charge >= 0.3 is 0 Å². The van der Waals surface area contributed by atoms with Crippen LogP contribution in [0.4, 0.5) is 17.7 Å². The van der Waals surface area contributed by atoms with Crippen LogP contribution in [0.1, 0.15) is 24.5 Å². The number of anilines is 3. The van der Waals surface area contributed by atoms with Gasteiger partial charge in [-0.25, -0.2) is 9.97 Å². The summed E-state index contributed by atoms with van der Waals surface area (Å²) in [4.78, 5) is 22.0. The molecule has 0 bridgehead atoms. The zero-order valence-electron chi connectivity index (χ0n) is 14.9. The van der Waals surface area contributed by atoms with Crippen LogP contribution in [-0.2, 0) is 0 Å². The Morgan fingerprint density at radius 3 is 2.50 bits per heavy atom. The van der Waals surface area contributed by atoms with Crippen LogP contribution < -0.4 is 26.0 Å². The highest BCUT2D eigenvalue weighted by molar-refractivity contribution is 5.47. The molecule has 26 heavy (non-hydrogen) atoms. The molecule has 9 heteroatoms. The summed E-state index contributed by atoms with van der Waals surface area (Å²) >= 11 is 0. The van der Waals surface area contributed by atoms with Crippen molar-refractivity contribution in [2.45, 2.75) is 24.8 Å². The number of ether oxygens (including phenoxy) is 1. The van der Waals surface area contributed by atoms with Gasteiger partial charge in [0.1, 0.15) is 5.82 Å². The molecule has 0 atom stereocenters. The van der Waals surface area contributed by atoms with Crippen LogP contribution in [0.2, 0.25) is 0 Å². The van der Waals surface area contributed by atoms with Crippen molar-refractivity contribution >= 4 is 17.7 Å². The number of nitrogens with zero attached hydrogens (tertiary/aromatic N) is 6. The monoisotopic (exact) mass is 356 g/mol. The second kappa shape index (κ2) is 6.91. The molecule has 9 nitrogen and oxygen atoms in total. The van der Waals surface area contributed by atoms with Crippen molar-refractivity contribution < 1.29 is 4.74 Å². The first-order chi connectivity index (χ1) is 12.6. The van der Waals surface area contributed by atoms with Gasteiger partial charge in [-0.1, -0.05) is 0 Å². The van der Waals surface area contributed by atoms with Crippen molar-refractivity contribution in [1.29, 1.82) is 0 Å². The number of hydrogen-bond donors (Lipinski definition) is 2. The lowest BCUT2D eigenvalue weighted by Gasteiger charge is -2.36. The first kappa shape index (κ1) is 16.8. The van der Waals surface area contributed by atoms with Crippen molar-refractivity contribution in [3.63, 3.8) is 0 Å². The fraction of sp³-hybridized carbons (Fsp3) is 0.529. The lowest BCUT2D eigenvalue weighted by Crippen LogP contribution is -2.47. The molecular weight excluding hydrogens is 332 g/mol. The van der Waals surface area contributed by atoms with Crippen LogP contribution in [0.5, 0.6) is 5.88 Å². The van der Waals surface area contributed by atoms with Crippen molar-refractivity contribution in [3.05, 3.63) is 24.0 Å². The lowest BCUT2D eigenvalue weighted by molar-refractivity contribution is 0.345. The fourth-order valence-corrected chi connectivity index (χ4v) is 3.48. The predicted molar refractivity (Wildman–Crippen MR) is 99.4 cm³/mol. The van der Waals surface area contributed by atoms with Gasteiger partial charge in [-0.2, -0.15) is 9.97 Å². The molecule has 2 fully saturated rings. The highest BCUT2D eigenvalue weighted by atomic mass is 16.5. The van der Waals surface area contributed by atoms with Crippen LogP contribution in [0.15, 0.2) is 18.3 Å². The van der Waals surface area contributed by atoms with Crippen LogP contribution in [0.25, 0.3) is 0 Å². The van der Waals surface area contributed by atoms with E-state index in [4.69, 9.17) is 16.2 Å². The van der Waals surface area contributed by atoms with Gasteiger partial charge in [-0.05, 0) is 12.8 Å². The van der Waals surface area contributed by atoms with Gasteiger partial charge in [0.05, 0.1) is 12.8 Å². The van der Waals surface area contributed by atoms with Gasteiger partial charge in [0.15, 0.2) is 0 Å². The molecular formula is C17H24N8O. The molecule has 0 radical (unpaired) electrons. The molecule has 3 heterocycles. The van der Waals surface area contributed by atoms with Crippen molar-refractivity contribution in [2.75, 3.05) is 48.8 Å². The Kier molecular flexibility index (Phi) is 4.46. The quantitative estimate of drug-likeness (QED) is 0.801. The topological polar surface area (TPSA) is 119 Å². The minimum absolute atomic E-state index is 0.283. The van der Waals surface area contributed by atoms with Gasteiger partial charge in [-0.15, -0.1) is 0 Å². The molecule has 1 saturated carbocycles. The minimum Gasteiger partial charge on any atom is -0.481 e. The third kappa shape index (κ3) is 3.34. The summed E-state index contributed by atoms with van der Waals surface area (Å²) in [6.07, 6.45) is 3.65. The summed E-state index contributed by atoms with van der Waals surface area (Å²) in [7, 11) is 1.61. The molecule has 4 rings (SSSR count). The maximum Gasteiger partial charge on any atom is 0.228 e. The zero-order chi connectivity index (χ0) is 18.1. The third-order valence-electron chi connectivity index (χ3n) is 5.06. The van der Waals surface area contributed by atoms with Crippen molar-refractivity contribution in [3.8, 4) is 5.88 Å². The maximum absolute atomic E-state index is 5.94. The highest BCUT2D eigenvalue weighted by Crippen LogP contribution is 2.36. The Morgan fingerprint density at radius 2 is 1.81 bits per heavy atom. The molecule has 2 aliphatic rings. The summed E-state index contributed by atoms with van der Waals surface area (Å²) < 4.78 is 5.18. The van der Waals surface area contributed by atoms with Crippen LogP contribution >= 0.6 is 0 Å². The van der Waals surface area contributed by atoms with Gasteiger partial charge in [0, 0.05) is 56.5 Å². The van der Waals surface area contributed by atoms with E-state index in [1.54, 1.807) is 19.4 Å². The maximum atomic E-state index is 5.94. The molecule has 4 N–H and O–H groups in total. The van der Waals surface area contributed by atoms with Gasteiger partial charge in [0.2, 0.25) is 17.8 Å². The molecule has 2 aromatic rings. The van der Waals surface area contributed by atoms with Crippen LogP contribution in [0.3, 0.4) is 0 Å². The van der Waals surface area contributed by atoms with E-state index in [1.807, 2.05) is 0 Å². The Bertz CT molecular complexity index is 771. The summed E-state index contributed by atoms with van der Waals surface area (Å²) in [5.74, 6) is 2.89. The number of aromatic nitrogens is 4. The average molecular weight is 356 g/mol. The fourth-order valence-electron chi connectivity index (χ4n) is 3.48. The van der Waals surface area contributed by atoms with E-state index in [-0.39, 0.29) is 6.04 Å². The van der Waals surface area contributed by atoms with E-state index >= 15 is 0 Å². The third-order valence-corrected chi connectivity index (χ3v) is 5.06. The first-order valence-electron chi connectivity index (χ1n) is 8.89. The smallest absolute Gasteiger partial charge is 0.228 e. The first-order valence-corrected chi connectivity index (χ1v) is 8.89. The standard InChI is InChI=1S/C17H24N8O/c1-26-15-2-3-20-17(23-15)25-6-4-24(5-7-25)14-10-13(21-16(19)22-14)11-8-12(18)9-11/h2-3,10-12H,4-9,18H2,1H3,(H2,19,21,22). The largest absolute Gasteiger partial charge is 0.481 e. The molecule has 138 valence electrons. The van der Waals surface area contributed by atoms with Crippen molar-refractivity contribution in [2.24, 2.45) is 5.73 Å². The molecule has 0 amide bonds. The van der Waals surface area contributed by atoms with Gasteiger partial charge in [-0.3, -0.25) is 0 Å². The normalized spacial score (nSPS) is 22.8. The van der Waals surface area contributed by atoms with Gasteiger partial charge in [0.25, 0.3) is 0 Å². The number of piperazine rings is 1. The van der Waals surface area contributed by atoms with E-state index in [9.17, 15) is 0 Å². The number of methoxy groups -OCH3 is 1. The number of hydrogen-bond acceptors (Lipinski definition) is 9. The van der Waals surface area contributed by atoms with E-state index in [0.717, 1.165) is 50.5 Å². The molecule has 0 aromatic carbocycles. The molecule has 2 aromatic heterocycles. The summed E-state index contributed by atoms with van der Waals surface area (Å²) in [6.45, 7) is 3.25. The highest BCUT2D eigenvalue weighted by Gasteiger charge is 2.30. The Morgan fingerprint density at radius 1 is 1.08 bits per heavy atom. The Labute approximate surface area is 152 Å². The molecule has 0 unspecified atom stereocenters. The number of nitrogens with two attached hydrogens (primary N) is 2. The Hall–Kier alpha value is -2.68. The summed E-state index contributed by atoms with van der Waals surface area (Å²) in [5, 5.41) is 0. The minimum atomic E-state index is 0.283. The molecule has 1 aliphatic heterocycles. The zero-order valence-corrected chi connectivity index (χ0v) is 14.9. The Balaban J connectivity index is 1.44. The lowest BCUT2D eigenvalue weighted by atomic mass is 9.78. The summed E-state index contributed by atoms with van der Waals surface area (Å²) in [6, 6.07) is 4.09. The van der Waals surface area contributed by atoms with Gasteiger partial charge < -0.3 is 26.0 Å². The van der Waals surface area contributed by atoms with E-state index < -0.39 is 0 Å². The van der Waals surface area contributed by atoms with E-state index in [1.165, 1.54) is 0 Å². The molecule has 1 saturated heterocycles. The SMILES string of the molecule is COc1ccnc(N2CCN(c3cc(C4CC(N)C4)nc(N)n3)CC2)n1. The number of rotatable bonds is 4. The molecule has 1 aliphatic carbocycles. The van der Waals surface area contributed by atoms with Crippen LogP contribution in [0, 0.1) is 0 Å². The van der Waals surface area contributed by atoms with E-state index in [2.05, 4.69) is 35.8 Å². The van der Waals surface area contributed by atoms with Crippen molar-refractivity contribution in [1.82, 2.24) is 19.9 Å². The van der Waals surface area contributed by atoms with E-state index in [0.29, 0.717) is 23.7 Å².